The molecule has 0 fully saturated rings. The largest absolute Gasteiger partial charge is 0.496 e. The van der Waals surface area contributed by atoms with E-state index in [0.29, 0.717) is 11.8 Å². The zero-order valence-electron chi connectivity index (χ0n) is 14.1. The second-order valence-electron chi connectivity index (χ2n) is 5.77. The summed E-state index contributed by atoms with van der Waals surface area (Å²) in [5, 5.41) is 0. The number of para-hydroxylation sites is 1. The highest BCUT2D eigenvalue weighted by Crippen LogP contribution is 2.36. The number of rotatable bonds is 5. The third-order valence-electron chi connectivity index (χ3n) is 3.83. The Kier molecular flexibility index (Phi) is 4.75. The van der Waals surface area contributed by atoms with Crippen LogP contribution in [0.3, 0.4) is 0 Å². The summed E-state index contributed by atoms with van der Waals surface area (Å²) in [6.07, 6.45) is 3.22. The zero-order chi connectivity index (χ0) is 16.9. The molecule has 24 heavy (non-hydrogen) atoms. The highest BCUT2D eigenvalue weighted by Gasteiger charge is 2.13. The van der Waals surface area contributed by atoms with Crippen molar-refractivity contribution in [2.75, 3.05) is 7.11 Å². The second kappa shape index (κ2) is 7.13. The van der Waals surface area contributed by atoms with E-state index >= 15 is 0 Å². The Morgan fingerprint density at radius 3 is 2.38 bits per heavy atom. The predicted molar refractivity (Wildman–Crippen MR) is 94.6 cm³/mol. The minimum Gasteiger partial charge on any atom is -0.496 e. The first kappa shape index (κ1) is 16.0. The minimum atomic E-state index is 0.488. The summed E-state index contributed by atoms with van der Waals surface area (Å²) >= 11 is 0. The Morgan fingerprint density at radius 1 is 0.917 bits per heavy atom. The van der Waals surface area contributed by atoms with Crippen LogP contribution in [0.25, 0.3) is 11.1 Å². The number of hydrogen-bond donors (Lipinski definition) is 0. The van der Waals surface area contributed by atoms with Crippen molar-refractivity contribution in [1.29, 1.82) is 0 Å². The van der Waals surface area contributed by atoms with Crippen LogP contribution in [0.15, 0.2) is 61.1 Å². The van der Waals surface area contributed by atoms with Gasteiger partial charge >= 0.3 is 0 Å². The fraction of sp³-hybridized carbons (Fsp3) is 0.200. The van der Waals surface area contributed by atoms with Gasteiger partial charge in [0.2, 0.25) is 5.88 Å². The molecule has 0 amide bonds. The van der Waals surface area contributed by atoms with Crippen molar-refractivity contribution in [2.45, 2.75) is 19.8 Å². The van der Waals surface area contributed by atoms with Crippen molar-refractivity contribution in [3.63, 3.8) is 0 Å². The summed E-state index contributed by atoms with van der Waals surface area (Å²) in [6, 6.07) is 15.8. The van der Waals surface area contributed by atoms with Crippen molar-refractivity contribution in [3.05, 3.63) is 66.6 Å². The van der Waals surface area contributed by atoms with Crippen LogP contribution in [0.4, 0.5) is 0 Å². The first-order chi connectivity index (χ1) is 11.7. The van der Waals surface area contributed by atoms with Crippen LogP contribution >= 0.6 is 0 Å². The molecular weight excluding hydrogens is 300 g/mol. The summed E-state index contributed by atoms with van der Waals surface area (Å²) < 4.78 is 11.4. The normalized spacial score (nSPS) is 10.7. The first-order valence-corrected chi connectivity index (χ1v) is 7.90. The van der Waals surface area contributed by atoms with E-state index in [-0.39, 0.29) is 0 Å². The Hall–Kier alpha value is -2.88. The van der Waals surface area contributed by atoms with E-state index in [1.54, 1.807) is 13.3 Å². The van der Waals surface area contributed by atoms with Gasteiger partial charge in [-0.3, -0.25) is 0 Å². The Balaban J connectivity index is 1.95. The molecule has 0 atom stereocenters. The third kappa shape index (κ3) is 3.38. The van der Waals surface area contributed by atoms with E-state index in [1.165, 1.54) is 11.9 Å². The maximum Gasteiger partial charge on any atom is 0.230 e. The molecule has 1 heterocycles. The number of hydrogen-bond acceptors (Lipinski definition) is 4. The van der Waals surface area contributed by atoms with Crippen LogP contribution in [-0.4, -0.2) is 17.1 Å². The lowest BCUT2D eigenvalue weighted by Crippen LogP contribution is -1.95. The van der Waals surface area contributed by atoms with E-state index in [4.69, 9.17) is 9.47 Å². The van der Waals surface area contributed by atoms with Gasteiger partial charge in [0, 0.05) is 11.8 Å². The van der Waals surface area contributed by atoms with E-state index in [9.17, 15) is 0 Å². The molecule has 0 aliphatic carbocycles. The molecule has 0 bridgehead atoms. The van der Waals surface area contributed by atoms with Crippen LogP contribution < -0.4 is 9.47 Å². The predicted octanol–water partition coefficient (Wildman–Crippen LogP) is 5.07. The Labute approximate surface area is 142 Å². The van der Waals surface area contributed by atoms with E-state index in [2.05, 4.69) is 35.9 Å². The molecule has 0 spiro atoms. The molecule has 4 nitrogen and oxygen atoms in total. The van der Waals surface area contributed by atoms with Gasteiger partial charge in [-0.2, -0.15) is 0 Å². The molecule has 122 valence electrons. The summed E-state index contributed by atoms with van der Waals surface area (Å²) in [5.41, 5.74) is 2.97. The molecular formula is C20H20N2O2. The van der Waals surface area contributed by atoms with Gasteiger partial charge in [-0.15, -0.1) is 0 Å². The van der Waals surface area contributed by atoms with Gasteiger partial charge in [0.15, 0.2) is 0 Å². The molecule has 3 aromatic rings. The van der Waals surface area contributed by atoms with Crippen molar-refractivity contribution >= 4 is 0 Å². The minimum absolute atomic E-state index is 0.488. The quantitative estimate of drug-likeness (QED) is 0.658. The molecule has 3 rings (SSSR count). The lowest BCUT2D eigenvalue weighted by molar-refractivity contribution is 0.415. The molecule has 0 N–H and O–H groups in total. The molecule has 0 saturated carbocycles. The van der Waals surface area contributed by atoms with Crippen molar-refractivity contribution in [2.24, 2.45) is 0 Å². The zero-order valence-corrected chi connectivity index (χ0v) is 14.1. The fourth-order valence-electron chi connectivity index (χ4n) is 2.48. The highest BCUT2D eigenvalue weighted by atomic mass is 16.5. The molecule has 0 radical (unpaired) electrons. The van der Waals surface area contributed by atoms with Crippen molar-refractivity contribution < 1.29 is 9.47 Å². The van der Waals surface area contributed by atoms with Gasteiger partial charge in [-0.1, -0.05) is 44.2 Å². The van der Waals surface area contributed by atoms with Crippen LogP contribution in [0.1, 0.15) is 25.3 Å². The van der Waals surface area contributed by atoms with Gasteiger partial charge in [-0.25, -0.2) is 9.97 Å². The highest BCUT2D eigenvalue weighted by molar-refractivity contribution is 5.73. The van der Waals surface area contributed by atoms with Gasteiger partial charge < -0.3 is 9.47 Å². The summed E-state index contributed by atoms with van der Waals surface area (Å²) in [5.74, 6) is 2.50. The molecule has 0 aliphatic rings. The summed E-state index contributed by atoms with van der Waals surface area (Å²) in [7, 11) is 1.65. The van der Waals surface area contributed by atoms with Gasteiger partial charge in [0.1, 0.15) is 17.8 Å². The van der Waals surface area contributed by atoms with Crippen LogP contribution in [0.5, 0.6) is 17.4 Å². The fourth-order valence-corrected chi connectivity index (χ4v) is 2.48. The molecule has 4 heteroatoms. The van der Waals surface area contributed by atoms with Crippen LogP contribution in [0.2, 0.25) is 0 Å². The standard InChI is InChI=1S/C20H20N2O2/c1-14(2)15-8-10-16(11-9-15)24-20-18(12-21-13-22-20)17-6-4-5-7-19(17)23-3/h4-14H,1-3H3. The lowest BCUT2D eigenvalue weighted by Gasteiger charge is -2.13. The number of benzene rings is 2. The SMILES string of the molecule is COc1ccccc1-c1cncnc1Oc1ccc(C(C)C)cc1. The van der Waals surface area contributed by atoms with Crippen molar-refractivity contribution in [1.82, 2.24) is 9.97 Å². The average molecular weight is 320 g/mol. The topological polar surface area (TPSA) is 44.2 Å². The summed E-state index contributed by atoms with van der Waals surface area (Å²) in [4.78, 5) is 8.42. The molecule has 1 aromatic heterocycles. The lowest BCUT2D eigenvalue weighted by atomic mass is 10.0. The maximum absolute atomic E-state index is 5.99. The molecule has 0 unspecified atom stereocenters. The van der Waals surface area contributed by atoms with Gasteiger partial charge in [-0.05, 0) is 29.7 Å². The number of ether oxygens (including phenoxy) is 2. The van der Waals surface area contributed by atoms with Gasteiger partial charge in [0.05, 0.1) is 12.7 Å². The monoisotopic (exact) mass is 320 g/mol. The molecule has 0 saturated heterocycles. The van der Waals surface area contributed by atoms with Gasteiger partial charge in [0.25, 0.3) is 0 Å². The maximum atomic E-state index is 5.99. The molecule has 2 aromatic carbocycles. The van der Waals surface area contributed by atoms with Crippen LogP contribution in [-0.2, 0) is 0 Å². The summed E-state index contributed by atoms with van der Waals surface area (Å²) in [6.45, 7) is 4.33. The van der Waals surface area contributed by atoms with Crippen LogP contribution in [0, 0.1) is 0 Å². The Morgan fingerprint density at radius 2 is 1.67 bits per heavy atom. The number of methoxy groups -OCH3 is 1. The van der Waals surface area contributed by atoms with E-state index in [0.717, 1.165) is 22.6 Å². The van der Waals surface area contributed by atoms with Crippen molar-refractivity contribution in [3.8, 4) is 28.5 Å². The third-order valence-corrected chi connectivity index (χ3v) is 3.83. The second-order valence-corrected chi connectivity index (χ2v) is 5.77. The average Bonchev–Trinajstić information content (AvgIpc) is 2.62. The Bertz CT molecular complexity index is 814. The van der Waals surface area contributed by atoms with E-state index in [1.807, 2.05) is 36.4 Å². The first-order valence-electron chi connectivity index (χ1n) is 7.90. The number of aromatic nitrogens is 2. The molecule has 0 aliphatic heterocycles. The van der Waals surface area contributed by atoms with E-state index < -0.39 is 0 Å². The smallest absolute Gasteiger partial charge is 0.230 e. The number of nitrogens with zero attached hydrogens (tertiary/aromatic N) is 2.